The van der Waals surface area contributed by atoms with Gasteiger partial charge in [0.2, 0.25) is 0 Å². The second-order valence-corrected chi connectivity index (χ2v) is 4.52. The van der Waals surface area contributed by atoms with Gasteiger partial charge in [0.15, 0.2) is 5.84 Å². The molecule has 0 aromatic heterocycles. The first-order chi connectivity index (χ1) is 9.52. The van der Waals surface area contributed by atoms with E-state index < -0.39 is 5.82 Å². The molecule has 0 saturated carbocycles. The molecule has 2 rings (SSSR count). The monoisotopic (exact) mass is 294 g/mol. The van der Waals surface area contributed by atoms with Gasteiger partial charge >= 0.3 is 0 Å². The van der Waals surface area contributed by atoms with Crippen molar-refractivity contribution in [1.29, 1.82) is 0 Å². The summed E-state index contributed by atoms with van der Waals surface area (Å²) in [6, 6.07) is 9.30. The lowest BCUT2D eigenvalue weighted by molar-refractivity contribution is 0.318. The summed E-state index contributed by atoms with van der Waals surface area (Å²) in [4.78, 5) is 0. The van der Waals surface area contributed by atoms with E-state index in [1.807, 2.05) is 0 Å². The Morgan fingerprint density at radius 1 is 1.35 bits per heavy atom. The molecule has 0 atom stereocenters. The molecule has 0 aliphatic rings. The smallest absolute Gasteiger partial charge is 0.173 e. The molecule has 0 bridgehead atoms. The number of hydrogen-bond acceptors (Lipinski definition) is 3. The van der Waals surface area contributed by atoms with Crippen molar-refractivity contribution in [2.75, 3.05) is 0 Å². The minimum atomic E-state index is -0.580. The molecule has 2 aromatic rings. The molecule has 0 spiro atoms. The molecule has 4 nitrogen and oxygen atoms in total. The van der Waals surface area contributed by atoms with Crippen LogP contribution in [-0.2, 0) is 0 Å². The highest BCUT2D eigenvalue weighted by Gasteiger charge is 2.12. The van der Waals surface area contributed by atoms with E-state index in [4.69, 9.17) is 27.3 Å². The molecule has 6 heteroatoms. The maximum absolute atomic E-state index is 13.4. The van der Waals surface area contributed by atoms with E-state index in [0.29, 0.717) is 11.3 Å². The first-order valence-corrected chi connectivity index (χ1v) is 6.11. The molecular weight excluding hydrogens is 283 g/mol. The van der Waals surface area contributed by atoms with Gasteiger partial charge in [0, 0.05) is 6.07 Å². The fourth-order valence-corrected chi connectivity index (χ4v) is 1.82. The zero-order chi connectivity index (χ0) is 14.7. The Labute approximate surface area is 120 Å². The third-order valence-corrected chi connectivity index (χ3v) is 3.01. The van der Waals surface area contributed by atoms with Gasteiger partial charge in [-0.1, -0.05) is 28.9 Å². The summed E-state index contributed by atoms with van der Waals surface area (Å²) in [5.41, 5.74) is 6.78. The van der Waals surface area contributed by atoms with Crippen molar-refractivity contribution < 1.29 is 14.3 Å². The minimum absolute atomic E-state index is 0.0128. The third-order valence-electron chi connectivity index (χ3n) is 2.71. The number of halogens is 2. The number of rotatable bonds is 3. The number of para-hydroxylation sites is 1. The van der Waals surface area contributed by atoms with Crippen molar-refractivity contribution in [3.63, 3.8) is 0 Å². The van der Waals surface area contributed by atoms with Crippen LogP contribution in [-0.4, -0.2) is 11.0 Å². The van der Waals surface area contributed by atoms with Crippen LogP contribution in [0.15, 0.2) is 41.6 Å². The molecular formula is C14H12ClFN2O2. The molecule has 0 radical (unpaired) electrons. The molecule has 3 N–H and O–H groups in total. The van der Waals surface area contributed by atoms with Crippen LogP contribution in [0.2, 0.25) is 5.02 Å². The maximum atomic E-state index is 13.4. The summed E-state index contributed by atoms with van der Waals surface area (Å²) >= 11 is 5.62. The van der Waals surface area contributed by atoms with Gasteiger partial charge in [-0.15, -0.1) is 0 Å². The Hall–Kier alpha value is -2.27. The number of aryl methyl sites for hydroxylation is 1. The van der Waals surface area contributed by atoms with Crippen molar-refractivity contribution in [2.24, 2.45) is 10.9 Å². The van der Waals surface area contributed by atoms with E-state index in [9.17, 15) is 4.39 Å². The summed E-state index contributed by atoms with van der Waals surface area (Å²) in [6.07, 6.45) is 0. The molecule has 104 valence electrons. The molecule has 0 unspecified atom stereocenters. The van der Waals surface area contributed by atoms with Crippen LogP contribution in [0.3, 0.4) is 0 Å². The predicted molar refractivity (Wildman–Crippen MR) is 75.2 cm³/mol. The van der Waals surface area contributed by atoms with Crippen molar-refractivity contribution in [2.45, 2.75) is 6.92 Å². The van der Waals surface area contributed by atoms with Crippen LogP contribution in [0, 0.1) is 12.7 Å². The SMILES string of the molecule is Cc1cccc(/C(N)=N/O)c1Oc1ccc(Cl)c(F)c1. The highest BCUT2D eigenvalue weighted by atomic mass is 35.5. The molecule has 0 heterocycles. The normalized spacial score (nSPS) is 11.4. The standard InChI is InChI=1S/C14H12ClFN2O2/c1-8-3-2-4-10(14(17)18-19)13(8)20-9-5-6-11(15)12(16)7-9/h2-7,19H,1H3,(H2,17,18). The van der Waals surface area contributed by atoms with E-state index in [1.54, 1.807) is 25.1 Å². The van der Waals surface area contributed by atoms with Crippen LogP contribution < -0.4 is 10.5 Å². The number of nitrogens with zero attached hydrogens (tertiary/aromatic N) is 1. The summed E-state index contributed by atoms with van der Waals surface area (Å²) in [5.74, 6) is -0.000976. The Balaban J connectivity index is 2.45. The molecule has 0 aliphatic heterocycles. The number of nitrogens with two attached hydrogens (primary N) is 1. The largest absolute Gasteiger partial charge is 0.456 e. The number of ether oxygens (including phenoxy) is 1. The topological polar surface area (TPSA) is 67.8 Å². The van der Waals surface area contributed by atoms with Crippen LogP contribution in [0.25, 0.3) is 0 Å². The van der Waals surface area contributed by atoms with Crippen molar-refractivity contribution >= 4 is 17.4 Å². The Kier molecular flexibility index (Phi) is 4.10. The van der Waals surface area contributed by atoms with Gasteiger partial charge < -0.3 is 15.7 Å². The highest BCUT2D eigenvalue weighted by molar-refractivity contribution is 6.30. The zero-order valence-corrected chi connectivity index (χ0v) is 11.4. The van der Waals surface area contributed by atoms with E-state index in [1.165, 1.54) is 18.2 Å². The molecule has 2 aromatic carbocycles. The van der Waals surface area contributed by atoms with E-state index in [2.05, 4.69) is 5.16 Å². The Bertz CT molecular complexity index is 674. The minimum Gasteiger partial charge on any atom is -0.456 e. The molecule has 0 aliphatic carbocycles. The van der Waals surface area contributed by atoms with Crippen molar-refractivity contribution in [3.8, 4) is 11.5 Å². The number of benzene rings is 2. The van der Waals surface area contributed by atoms with Gasteiger partial charge in [-0.2, -0.15) is 0 Å². The highest BCUT2D eigenvalue weighted by Crippen LogP contribution is 2.30. The van der Waals surface area contributed by atoms with E-state index >= 15 is 0 Å². The second-order valence-electron chi connectivity index (χ2n) is 4.11. The van der Waals surface area contributed by atoms with Crippen molar-refractivity contribution in [1.82, 2.24) is 0 Å². The van der Waals surface area contributed by atoms with Crippen LogP contribution in [0.4, 0.5) is 4.39 Å². The summed E-state index contributed by atoms with van der Waals surface area (Å²) in [6.45, 7) is 1.80. The average Bonchev–Trinajstić information content (AvgIpc) is 2.44. The molecule has 0 saturated heterocycles. The van der Waals surface area contributed by atoms with Gasteiger partial charge in [0.25, 0.3) is 0 Å². The lowest BCUT2D eigenvalue weighted by Crippen LogP contribution is -2.14. The first-order valence-electron chi connectivity index (χ1n) is 5.73. The van der Waals surface area contributed by atoms with E-state index in [-0.39, 0.29) is 16.6 Å². The third kappa shape index (κ3) is 2.83. The number of oxime groups is 1. The fourth-order valence-electron chi connectivity index (χ4n) is 1.70. The molecule has 20 heavy (non-hydrogen) atoms. The van der Waals surface area contributed by atoms with Gasteiger partial charge in [0.1, 0.15) is 17.3 Å². The van der Waals surface area contributed by atoms with Crippen molar-refractivity contribution in [3.05, 3.63) is 58.4 Å². The van der Waals surface area contributed by atoms with Crippen LogP contribution in [0.5, 0.6) is 11.5 Å². The number of hydrogen-bond donors (Lipinski definition) is 2. The fraction of sp³-hybridized carbons (Fsp3) is 0.0714. The van der Waals surface area contributed by atoms with Gasteiger partial charge in [0.05, 0.1) is 10.6 Å². The predicted octanol–water partition coefficient (Wildman–Crippen LogP) is 3.67. The Morgan fingerprint density at radius 3 is 2.75 bits per heavy atom. The summed E-state index contributed by atoms with van der Waals surface area (Å²) in [5, 5.41) is 11.7. The average molecular weight is 295 g/mol. The van der Waals surface area contributed by atoms with Crippen LogP contribution >= 0.6 is 11.6 Å². The summed E-state index contributed by atoms with van der Waals surface area (Å²) in [7, 11) is 0. The zero-order valence-electron chi connectivity index (χ0n) is 10.6. The molecule has 0 fully saturated rings. The van der Waals surface area contributed by atoms with E-state index in [0.717, 1.165) is 5.56 Å². The lowest BCUT2D eigenvalue weighted by atomic mass is 10.1. The van der Waals surface area contributed by atoms with Gasteiger partial charge in [-0.25, -0.2) is 4.39 Å². The van der Waals surface area contributed by atoms with Gasteiger partial charge in [-0.3, -0.25) is 0 Å². The quantitative estimate of drug-likeness (QED) is 0.393. The molecule has 0 amide bonds. The first kappa shape index (κ1) is 14.1. The maximum Gasteiger partial charge on any atom is 0.173 e. The van der Waals surface area contributed by atoms with Gasteiger partial charge in [-0.05, 0) is 30.7 Å². The lowest BCUT2D eigenvalue weighted by Gasteiger charge is -2.13. The summed E-state index contributed by atoms with van der Waals surface area (Å²) < 4.78 is 19.0. The Morgan fingerprint density at radius 2 is 2.10 bits per heavy atom. The second kappa shape index (κ2) is 5.79. The number of amidine groups is 1. The van der Waals surface area contributed by atoms with Crippen LogP contribution in [0.1, 0.15) is 11.1 Å².